The van der Waals surface area contributed by atoms with E-state index >= 15 is 0 Å². The van der Waals surface area contributed by atoms with Crippen LogP contribution in [0.2, 0.25) is 0 Å². The molecular weight excluding hydrogens is 385 g/mol. The van der Waals surface area contributed by atoms with Gasteiger partial charge in [0.1, 0.15) is 18.1 Å². The fourth-order valence-electron chi connectivity index (χ4n) is 2.82. The van der Waals surface area contributed by atoms with Gasteiger partial charge in [0.2, 0.25) is 0 Å². The number of carboxylic acid groups (broad SMARTS) is 1. The van der Waals surface area contributed by atoms with E-state index in [4.69, 9.17) is 9.84 Å². The van der Waals surface area contributed by atoms with Crippen LogP contribution in [-0.2, 0) is 17.8 Å². The van der Waals surface area contributed by atoms with E-state index in [0.717, 1.165) is 5.56 Å². The Bertz CT molecular complexity index is 982. The summed E-state index contributed by atoms with van der Waals surface area (Å²) in [6.07, 6.45) is -4.84. The first-order chi connectivity index (χ1) is 13.8. The lowest BCUT2D eigenvalue weighted by atomic mass is 10.0. The molecular formula is C22H17F3O4. The molecule has 0 aliphatic rings. The highest BCUT2D eigenvalue weighted by atomic mass is 19.4. The third kappa shape index (κ3) is 6.00. The quantitative estimate of drug-likeness (QED) is 0.570. The second-order valence-corrected chi connectivity index (χ2v) is 6.25. The van der Waals surface area contributed by atoms with E-state index in [2.05, 4.69) is 4.74 Å². The van der Waals surface area contributed by atoms with Crippen LogP contribution >= 0.6 is 0 Å². The van der Waals surface area contributed by atoms with Crippen molar-refractivity contribution in [1.29, 1.82) is 0 Å². The number of carboxylic acids is 1. The van der Waals surface area contributed by atoms with Crippen LogP contribution in [0.15, 0.2) is 72.8 Å². The molecule has 0 saturated heterocycles. The summed E-state index contributed by atoms with van der Waals surface area (Å²) in [5.74, 6) is -0.649. The van der Waals surface area contributed by atoms with E-state index in [1.54, 1.807) is 54.6 Å². The average molecular weight is 402 g/mol. The van der Waals surface area contributed by atoms with E-state index in [0.29, 0.717) is 22.4 Å². The smallest absolute Gasteiger partial charge is 0.489 e. The maximum atomic E-state index is 12.6. The summed E-state index contributed by atoms with van der Waals surface area (Å²) in [7, 11) is 0. The molecule has 0 fully saturated rings. The summed E-state index contributed by atoms with van der Waals surface area (Å²) < 4.78 is 47.5. The van der Waals surface area contributed by atoms with E-state index in [9.17, 15) is 18.0 Å². The van der Waals surface area contributed by atoms with Crippen LogP contribution in [-0.4, -0.2) is 17.4 Å². The fourth-order valence-corrected chi connectivity index (χ4v) is 2.82. The topological polar surface area (TPSA) is 55.8 Å². The molecule has 0 amide bonds. The van der Waals surface area contributed by atoms with Crippen LogP contribution in [0.1, 0.15) is 11.1 Å². The molecule has 0 atom stereocenters. The number of aliphatic carboxylic acids is 1. The molecule has 0 unspecified atom stereocenters. The number of para-hydroxylation sites is 1. The van der Waals surface area contributed by atoms with E-state index in [1.807, 2.05) is 6.07 Å². The highest BCUT2D eigenvalue weighted by Gasteiger charge is 2.32. The van der Waals surface area contributed by atoms with Gasteiger partial charge in [0.05, 0.1) is 6.42 Å². The molecule has 29 heavy (non-hydrogen) atoms. The van der Waals surface area contributed by atoms with E-state index < -0.39 is 12.3 Å². The first-order valence-corrected chi connectivity index (χ1v) is 8.68. The predicted molar refractivity (Wildman–Crippen MR) is 101 cm³/mol. The number of halogens is 3. The number of hydrogen-bond acceptors (Lipinski definition) is 3. The summed E-state index contributed by atoms with van der Waals surface area (Å²) in [5, 5.41) is 8.87. The van der Waals surface area contributed by atoms with E-state index in [-0.39, 0.29) is 18.8 Å². The molecule has 0 saturated carbocycles. The standard InChI is InChI=1S/C22H17F3O4/c23-22(24,25)29-20-7-2-1-6-19(20)17-8-10-18(11-9-17)28-14-16-5-3-4-15(12-16)13-21(26)27/h1-12H,13-14H2,(H,26,27). The molecule has 0 aromatic heterocycles. The van der Waals surface area contributed by atoms with Crippen LogP contribution in [0.25, 0.3) is 11.1 Å². The van der Waals surface area contributed by atoms with Crippen LogP contribution < -0.4 is 9.47 Å². The average Bonchev–Trinajstić information content (AvgIpc) is 2.66. The van der Waals surface area contributed by atoms with Crippen LogP contribution in [0.5, 0.6) is 11.5 Å². The third-order valence-corrected chi connectivity index (χ3v) is 4.03. The molecule has 0 heterocycles. The normalized spacial score (nSPS) is 11.1. The fraction of sp³-hybridized carbons (Fsp3) is 0.136. The van der Waals surface area contributed by atoms with Crippen molar-refractivity contribution >= 4 is 5.97 Å². The van der Waals surface area contributed by atoms with Crippen molar-refractivity contribution in [2.45, 2.75) is 19.4 Å². The molecule has 0 aliphatic heterocycles. The Labute approximate surface area is 165 Å². The lowest BCUT2D eigenvalue weighted by molar-refractivity contribution is -0.274. The van der Waals surface area contributed by atoms with Crippen molar-refractivity contribution < 1.29 is 32.5 Å². The summed E-state index contributed by atoms with van der Waals surface area (Å²) in [4.78, 5) is 10.8. The van der Waals surface area contributed by atoms with Gasteiger partial charge in [-0.25, -0.2) is 0 Å². The molecule has 0 aliphatic carbocycles. The molecule has 1 N–H and O–H groups in total. The summed E-state index contributed by atoms with van der Waals surface area (Å²) in [6, 6.07) is 19.6. The van der Waals surface area contributed by atoms with Gasteiger partial charge in [0, 0.05) is 5.56 Å². The van der Waals surface area contributed by atoms with Gasteiger partial charge in [-0.2, -0.15) is 0 Å². The van der Waals surface area contributed by atoms with Gasteiger partial charge in [-0.3, -0.25) is 4.79 Å². The van der Waals surface area contributed by atoms with Crippen molar-refractivity contribution in [2.24, 2.45) is 0 Å². The lowest BCUT2D eigenvalue weighted by Crippen LogP contribution is -2.17. The summed E-state index contributed by atoms with van der Waals surface area (Å²) in [5.41, 5.74) is 2.37. The molecule has 3 rings (SSSR count). The van der Waals surface area contributed by atoms with Crippen molar-refractivity contribution in [3.05, 3.63) is 83.9 Å². The Morgan fingerprint density at radius 1 is 0.897 bits per heavy atom. The molecule has 7 heteroatoms. The molecule has 0 spiro atoms. The zero-order valence-electron chi connectivity index (χ0n) is 15.1. The van der Waals surface area contributed by atoms with Gasteiger partial charge in [-0.1, -0.05) is 54.6 Å². The van der Waals surface area contributed by atoms with Gasteiger partial charge in [0.25, 0.3) is 0 Å². The number of carbonyl (C=O) groups is 1. The van der Waals surface area contributed by atoms with E-state index in [1.165, 1.54) is 12.1 Å². The second-order valence-electron chi connectivity index (χ2n) is 6.25. The Balaban J connectivity index is 1.69. The Morgan fingerprint density at radius 2 is 1.59 bits per heavy atom. The van der Waals surface area contributed by atoms with Gasteiger partial charge < -0.3 is 14.6 Å². The number of ether oxygens (including phenoxy) is 2. The number of hydrogen-bond donors (Lipinski definition) is 1. The minimum Gasteiger partial charge on any atom is -0.489 e. The highest BCUT2D eigenvalue weighted by Crippen LogP contribution is 2.34. The molecule has 150 valence electrons. The predicted octanol–water partition coefficient (Wildman–Crippen LogP) is 5.46. The monoisotopic (exact) mass is 402 g/mol. The molecule has 4 nitrogen and oxygen atoms in total. The maximum Gasteiger partial charge on any atom is 0.573 e. The Kier molecular flexibility index (Phi) is 6.07. The summed E-state index contributed by atoms with van der Waals surface area (Å²) in [6.45, 7) is 0.237. The Morgan fingerprint density at radius 3 is 2.28 bits per heavy atom. The van der Waals surface area contributed by atoms with Crippen molar-refractivity contribution in [3.63, 3.8) is 0 Å². The van der Waals surface area contributed by atoms with Gasteiger partial charge in [0.15, 0.2) is 0 Å². The highest BCUT2D eigenvalue weighted by molar-refractivity contribution is 5.71. The van der Waals surface area contributed by atoms with Crippen LogP contribution in [0.3, 0.4) is 0 Å². The summed E-state index contributed by atoms with van der Waals surface area (Å²) >= 11 is 0. The second kappa shape index (κ2) is 8.68. The van der Waals surface area contributed by atoms with Crippen molar-refractivity contribution in [2.75, 3.05) is 0 Å². The first-order valence-electron chi connectivity index (χ1n) is 8.68. The van der Waals surface area contributed by atoms with Gasteiger partial charge >= 0.3 is 12.3 Å². The zero-order valence-corrected chi connectivity index (χ0v) is 15.1. The molecule has 0 bridgehead atoms. The molecule has 0 radical (unpaired) electrons. The van der Waals surface area contributed by atoms with Gasteiger partial charge in [-0.15, -0.1) is 13.2 Å². The minimum absolute atomic E-state index is 0.0675. The SMILES string of the molecule is O=C(O)Cc1cccc(COc2ccc(-c3ccccc3OC(F)(F)F)cc2)c1. The number of alkyl halides is 3. The molecule has 3 aromatic rings. The van der Waals surface area contributed by atoms with Crippen LogP contribution in [0, 0.1) is 0 Å². The van der Waals surface area contributed by atoms with Gasteiger partial charge in [-0.05, 0) is 34.9 Å². The lowest BCUT2D eigenvalue weighted by Gasteiger charge is -2.14. The largest absolute Gasteiger partial charge is 0.573 e. The Hall–Kier alpha value is -3.48. The van der Waals surface area contributed by atoms with Crippen molar-refractivity contribution in [3.8, 4) is 22.6 Å². The number of benzene rings is 3. The minimum atomic E-state index is -4.77. The first kappa shape index (κ1) is 20.3. The van der Waals surface area contributed by atoms with Crippen molar-refractivity contribution in [1.82, 2.24) is 0 Å². The molecule has 3 aromatic carbocycles. The third-order valence-electron chi connectivity index (χ3n) is 4.03. The number of rotatable bonds is 7. The maximum absolute atomic E-state index is 12.6. The zero-order chi connectivity index (χ0) is 20.9. The van der Waals surface area contributed by atoms with Crippen LogP contribution in [0.4, 0.5) is 13.2 Å².